The van der Waals surface area contributed by atoms with Crippen molar-refractivity contribution in [3.8, 4) is 0 Å². The van der Waals surface area contributed by atoms with E-state index >= 15 is 0 Å². The zero-order valence-electron chi connectivity index (χ0n) is 10.6. The van der Waals surface area contributed by atoms with E-state index in [0.29, 0.717) is 17.9 Å². The van der Waals surface area contributed by atoms with E-state index < -0.39 is 5.91 Å². The fourth-order valence-corrected chi connectivity index (χ4v) is 1.66. The van der Waals surface area contributed by atoms with Crippen molar-refractivity contribution in [3.63, 3.8) is 0 Å². The summed E-state index contributed by atoms with van der Waals surface area (Å²) in [6.45, 7) is 1.49. The Balaban J connectivity index is 2.18. The third-order valence-corrected chi connectivity index (χ3v) is 2.60. The van der Waals surface area contributed by atoms with Gasteiger partial charge >= 0.3 is 0 Å². The lowest BCUT2D eigenvalue weighted by Crippen LogP contribution is -1.97. The quantitative estimate of drug-likeness (QED) is 0.368. The smallest absolute Gasteiger partial charge is 0.270 e. The maximum absolute atomic E-state index is 11.3. The molecule has 0 saturated carbocycles. The van der Waals surface area contributed by atoms with Gasteiger partial charge in [-0.05, 0) is 29.2 Å². The van der Waals surface area contributed by atoms with Crippen molar-refractivity contribution in [3.05, 3.63) is 63.7 Å². The van der Waals surface area contributed by atoms with Crippen molar-refractivity contribution in [2.45, 2.75) is 13.3 Å². The third-order valence-electron chi connectivity index (χ3n) is 2.60. The number of hydrogen-bond donors (Lipinski definition) is 0. The minimum atomic E-state index is -0.792. The number of carbonyl (C=O) groups excluding carboxylic acids is 2. The highest BCUT2D eigenvalue weighted by Crippen LogP contribution is 2.12. The topological polar surface area (TPSA) is 109 Å². The van der Waals surface area contributed by atoms with Crippen LogP contribution in [0.3, 0.4) is 0 Å². The number of carbonyl (C=O) groups is 2. The first kappa shape index (κ1) is 13.5. The van der Waals surface area contributed by atoms with Crippen LogP contribution >= 0.6 is 0 Å². The fourth-order valence-electron chi connectivity index (χ4n) is 1.66. The summed E-state index contributed by atoms with van der Waals surface area (Å²) < 4.78 is 5.14. The maximum Gasteiger partial charge on any atom is 0.270 e. The second-order valence-electron chi connectivity index (χ2n) is 4.05. The molecule has 0 fully saturated rings. The Hall–Kier alpha value is -2.92. The molecule has 0 radical (unpaired) electrons. The molecule has 0 atom stereocenters. The Morgan fingerprint density at radius 1 is 1.45 bits per heavy atom. The highest BCUT2D eigenvalue weighted by molar-refractivity contribution is 5.94. The van der Waals surface area contributed by atoms with Crippen LogP contribution in [0.15, 0.2) is 40.1 Å². The lowest BCUT2D eigenvalue weighted by Gasteiger charge is -2.00. The summed E-state index contributed by atoms with van der Waals surface area (Å²) in [5, 5.41) is 2.93. The largest absolute Gasteiger partial charge is 0.448 e. The van der Waals surface area contributed by atoms with Crippen LogP contribution in [-0.2, 0) is 6.42 Å². The summed E-state index contributed by atoms with van der Waals surface area (Å²) >= 11 is 0. The molecule has 0 aliphatic rings. The molecule has 2 rings (SSSR count). The van der Waals surface area contributed by atoms with Crippen molar-refractivity contribution in [2.75, 3.05) is 0 Å². The number of Topliss-reactive ketones (excluding diaryl/α,β-unsaturated/α-hetero) is 1. The predicted molar refractivity (Wildman–Crippen MR) is 69.2 cm³/mol. The van der Waals surface area contributed by atoms with E-state index in [1.165, 1.54) is 6.92 Å². The average molecular weight is 270 g/mol. The molecule has 0 aliphatic heterocycles. The fraction of sp³-hybridized carbons (Fsp3) is 0.154. The Labute approximate surface area is 113 Å². The minimum Gasteiger partial charge on any atom is -0.448 e. The van der Waals surface area contributed by atoms with Crippen LogP contribution in [-0.4, -0.2) is 16.7 Å². The van der Waals surface area contributed by atoms with Gasteiger partial charge in [-0.25, -0.2) is 4.98 Å². The van der Waals surface area contributed by atoms with Crippen LogP contribution in [0.5, 0.6) is 0 Å². The molecule has 20 heavy (non-hydrogen) atoms. The van der Waals surface area contributed by atoms with Gasteiger partial charge in [-0.3, -0.25) is 9.59 Å². The zero-order valence-corrected chi connectivity index (χ0v) is 10.6. The average Bonchev–Trinajstić information content (AvgIpc) is 2.88. The summed E-state index contributed by atoms with van der Waals surface area (Å²) in [5.41, 5.74) is 9.56. The van der Waals surface area contributed by atoms with Gasteiger partial charge in [0, 0.05) is 16.9 Å². The van der Waals surface area contributed by atoms with Gasteiger partial charge in [-0.2, -0.15) is 0 Å². The molecule has 0 saturated heterocycles. The lowest BCUT2D eigenvalue weighted by molar-refractivity contribution is 0.0992. The zero-order chi connectivity index (χ0) is 14.5. The number of amides is 1. The number of oxazole rings is 1. The van der Waals surface area contributed by atoms with Crippen LogP contribution in [0.2, 0.25) is 0 Å². The summed E-state index contributed by atoms with van der Waals surface area (Å²) in [4.78, 5) is 28.9. The molecule has 1 amide bonds. The monoisotopic (exact) mass is 270 g/mol. The third kappa shape index (κ3) is 3.09. The maximum atomic E-state index is 11.3. The number of ketones is 1. The SMILES string of the molecule is CC(=O)c1cccc(Cc2nc(C(=O)N=[N+]=[N-])co2)c1. The van der Waals surface area contributed by atoms with Crippen LogP contribution < -0.4 is 0 Å². The van der Waals surface area contributed by atoms with Gasteiger partial charge in [-0.1, -0.05) is 18.2 Å². The highest BCUT2D eigenvalue weighted by atomic mass is 16.3. The van der Waals surface area contributed by atoms with E-state index in [-0.39, 0.29) is 11.5 Å². The number of azide groups is 1. The summed E-state index contributed by atoms with van der Waals surface area (Å²) in [7, 11) is 0. The first-order valence-corrected chi connectivity index (χ1v) is 5.74. The van der Waals surface area contributed by atoms with Crippen LogP contribution in [0.25, 0.3) is 10.4 Å². The highest BCUT2D eigenvalue weighted by Gasteiger charge is 2.11. The normalized spacial score (nSPS) is 9.85. The van der Waals surface area contributed by atoms with Gasteiger partial charge in [0.05, 0.1) is 0 Å². The molecule has 2 aromatic rings. The predicted octanol–water partition coefficient (Wildman–Crippen LogP) is 2.92. The van der Waals surface area contributed by atoms with E-state index in [1.807, 2.05) is 6.07 Å². The van der Waals surface area contributed by atoms with Gasteiger partial charge in [-0.15, -0.1) is 0 Å². The Bertz CT molecular complexity index is 714. The van der Waals surface area contributed by atoms with E-state index in [2.05, 4.69) is 15.0 Å². The Morgan fingerprint density at radius 2 is 2.25 bits per heavy atom. The van der Waals surface area contributed by atoms with Crippen LogP contribution in [0.4, 0.5) is 0 Å². The van der Waals surface area contributed by atoms with E-state index in [4.69, 9.17) is 9.95 Å². The molecule has 0 N–H and O–H groups in total. The minimum absolute atomic E-state index is 0.0292. The molecule has 0 bridgehead atoms. The standard InChI is InChI=1S/C13H10N4O3/c1-8(18)10-4-2-3-9(5-10)6-12-15-11(7-20-12)13(19)16-17-14/h2-5,7H,6H2,1H3. The molecule has 1 aromatic heterocycles. The van der Waals surface area contributed by atoms with Gasteiger partial charge in [0.2, 0.25) is 0 Å². The molecule has 100 valence electrons. The number of nitrogens with zero attached hydrogens (tertiary/aromatic N) is 4. The van der Waals surface area contributed by atoms with Gasteiger partial charge in [0.25, 0.3) is 5.91 Å². The number of aromatic nitrogens is 1. The summed E-state index contributed by atoms with van der Waals surface area (Å²) in [6.07, 6.45) is 1.48. The molecule has 7 nitrogen and oxygen atoms in total. The molecular weight excluding hydrogens is 260 g/mol. The second-order valence-corrected chi connectivity index (χ2v) is 4.05. The van der Waals surface area contributed by atoms with Crippen molar-refractivity contribution in [1.29, 1.82) is 0 Å². The first-order valence-electron chi connectivity index (χ1n) is 5.74. The molecule has 0 spiro atoms. The lowest BCUT2D eigenvalue weighted by atomic mass is 10.1. The summed E-state index contributed by atoms with van der Waals surface area (Å²) in [5.74, 6) is -0.513. The van der Waals surface area contributed by atoms with Crippen molar-refractivity contribution in [2.24, 2.45) is 5.11 Å². The van der Waals surface area contributed by atoms with E-state index in [1.54, 1.807) is 18.2 Å². The van der Waals surface area contributed by atoms with Crippen LogP contribution in [0.1, 0.15) is 39.2 Å². The molecule has 0 aliphatic carbocycles. The molecule has 1 heterocycles. The van der Waals surface area contributed by atoms with Gasteiger partial charge in [0.1, 0.15) is 6.26 Å². The van der Waals surface area contributed by atoms with Crippen molar-refractivity contribution in [1.82, 2.24) is 4.98 Å². The molecular formula is C13H10N4O3. The van der Waals surface area contributed by atoms with Crippen molar-refractivity contribution < 1.29 is 14.0 Å². The van der Waals surface area contributed by atoms with Gasteiger partial charge < -0.3 is 4.42 Å². The van der Waals surface area contributed by atoms with Crippen molar-refractivity contribution >= 4 is 11.7 Å². The van der Waals surface area contributed by atoms with Crippen LogP contribution in [0, 0.1) is 0 Å². The first-order chi connectivity index (χ1) is 9.60. The van der Waals surface area contributed by atoms with E-state index in [0.717, 1.165) is 11.8 Å². The Kier molecular flexibility index (Phi) is 3.93. The number of rotatable bonds is 4. The Morgan fingerprint density at radius 3 is 2.95 bits per heavy atom. The molecule has 0 unspecified atom stereocenters. The number of benzene rings is 1. The van der Waals surface area contributed by atoms with Gasteiger partial charge in [0.15, 0.2) is 17.4 Å². The second kappa shape index (κ2) is 5.81. The van der Waals surface area contributed by atoms with E-state index in [9.17, 15) is 9.59 Å². The summed E-state index contributed by atoms with van der Waals surface area (Å²) in [6, 6.07) is 7.05. The molecule has 7 heteroatoms. The molecule has 1 aromatic carbocycles. The number of hydrogen-bond acceptors (Lipinski definition) is 4.